The molecule has 1 aromatic rings. The molecule has 0 aromatic carbocycles. The molecule has 1 aliphatic rings. The van der Waals surface area contributed by atoms with Gasteiger partial charge in [0.2, 0.25) is 5.82 Å². The number of aromatic nitrogens is 3. The van der Waals surface area contributed by atoms with Crippen LogP contribution in [-0.4, -0.2) is 39.1 Å². The Hall–Kier alpha value is -1.39. The molecule has 5 heteroatoms. The van der Waals surface area contributed by atoms with Crippen molar-refractivity contribution in [3.8, 4) is 0 Å². The molecular formula is C5H6N4O. The molecular weight excluding hydrogens is 132 g/mol. The molecule has 0 saturated carbocycles. The Morgan fingerprint density at radius 3 is 3.00 bits per heavy atom. The number of carbonyl (C=O) groups excluding carboxylic acids is 1. The molecule has 0 atom stereocenters. The second-order valence-corrected chi connectivity index (χ2v) is 2.13. The molecule has 52 valence electrons. The summed E-state index contributed by atoms with van der Waals surface area (Å²) in [5.41, 5.74) is 0. The highest BCUT2D eigenvalue weighted by Gasteiger charge is 2.26. The summed E-state index contributed by atoms with van der Waals surface area (Å²) in [6.07, 6.45) is 1.33. The van der Waals surface area contributed by atoms with Gasteiger partial charge >= 0.3 is 0 Å². The molecule has 1 N–H and O–H groups in total. The van der Waals surface area contributed by atoms with Gasteiger partial charge in [-0.2, -0.15) is 5.10 Å². The third-order valence-corrected chi connectivity index (χ3v) is 1.35. The number of nitrogens with zero attached hydrogens (tertiary/aromatic N) is 3. The van der Waals surface area contributed by atoms with E-state index in [1.54, 1.807) is 4.90 Å². The van der Waals surface area contributed by atoms with Crippen LogP contribution in [0.2, 0.25) is 0 Å². The van der Waals surface area contributed by atoms with E-state index in [0.717, 1.165) is 13.1 Å². The summed E-state index contributed by atoms with van der Waals surface area (Å²) >= 11 is 0. The lowest BCUT2D eigenvalue weighted by Gasteiger charge is -1.92. The van der Waals surface area contributed by atoms with Gasteiger partial charge in [0.15, 0.2) is 0 Å². The zero-order valence-electron chi connectivity index (χ0n) is 5.24. The molecule has 2 heterocycles. The molecule has 2 rings (SSSR count). The van der Waals surface area contributed by atoms with Gasteiger partial charge < -0.3 is 4.90 Å². The summed E-state index contributed by atoms with van der Waals surface area (Å²) in [6.45, 7) is 1.69. The first-order valence-corrected chi connectivity index (χ1v) is 3.02. The third kappa shape index (κ3) is 0.754. The second-order valence-electron chi connectivity index (χ2n) is 2.13. The summed E-state index contributed by atoms with van der Waals surface area (Å²) in [4.78, 5) is 16.5. The van der Waals surface area contributed by atoms with E-state index in [-0.39, 0.29) is 5.91 Å². The molecule has 1 saturated heterocycles. The first-order valence-electron chi connectivity index (χ1n) is 3.02. The van der Waals surface area contributed by atoms with Crippen molar-refractivity contribution in [2.75, 3.05) is 13.1 Å². The van der Waals surface area contributed by atoms with Gasteiger partial charge in [0.1, 0.15) is 6.33 Å². The van der Waals surface area contributed by atoms with Gasteiger partial charge in [-0.1, -0.05) is 0 Å². The highest BCUT2D eigenvalue weighted by atomic mass is 16.2. The first kappa shape index (κ1) is 5.40. The minimum Gasteiger partial charge on any atom is -0.332 e. The number of hydrogen-bond acceptors (Lipinski definition) is 3. The van der Waals surface area contributed by atoms with E-state index in [2.05, 4.69) is 15.2 Å². The van der Waals surface area contributed by atoms with Crippen LogP contribution in [0, 0.1) is 0 Å². The molecule has 1 amide bonds. The van der Waals surface area contributed by atoms with Crippen LogP contribution in [0.5, 0.6) is 0 Å². The SMILES string of the molecule is O=C(c1ncn[nH]1)N1CC1. The second kappa shape index (κ2) is 1.80. The molecule has 1 fully saturated rings. The molecule has 5 nitrogen and oxygen atoms in total. The van der Waals surface area contributed by atoms with Crippen LogP contribution in [0.4, 0.5) is 0 Å². The van der Waals surface area contributed by atoms with Crippen molar-refractivity contribution in [2.24, 2.45) is 0 Å². The maximum Gasteiger partial charge on any atom is 0.291 e. The van der Waals surface area contributed by atoms with Crippen LogP contribution in [0.3, 0.4) is 0 Å². The van der Waals surface area contributed by atoms with Crippen molar-refractivity contribution in [1.29, 1.82) is 0 Å². The number of H-pyrrole nitrogens is 1. The maximum atomic E-state index is 11.1. The van der Waals surface area contributed by atoms with Gasteiger partial charge in [-0.15, -0.1) is 0 Å². The molecule has 10 heavy (non-hydrogen) atoms. The van der Waals surface area contributed by atoms with E-state index in [1.165, 1.54) is 6.33 Å². The Kier molecular flexibility index (Phi) is 0.969. The summed E-state index contributed by atoms with van der Waals surface area (Å²) in [5.74, 6) is 0.273. The van der Waals surface area contributed by atoms with Crippen LogP contribution < -0.4 is 0 Å². The highest BCUT2D eigenvalue weighted by molar-refractivity contribution is 5.91. The van der Waals surface area contributed by atoms with Crippen molar-refractivity contribution < 1.29 is 4.79 Å². The van der Waals surface area contributed by atoms with Crippen molar-refractivity contribution in [2.45, 2.75) is 0 Å². The number of nitrogens with one attached hydrogen (secondary N) is 1. The minimum absolute atomic E-state index is 0.0579. The molecule has 1 aliphatic heterocycles. The van der Waals surface area contributed by atoms with E-state index in [1.807, 2.05) is 0 Å². The van der Waals surface area contributed by atoms with Gasteiger partial charge in [0, 0.05) is 13.1 Å². The monoisotopic (exact) mass is 138 g/mol. The van der Waals surface area contributed by atoms with Crippen LogP contribution in [-0.2, 0) is 0 Å². The lowest BCUT2D eigenvalue weighted by atomic mass is 10.6. The van der Waals surface area contributed by atoms with Crippen molar-refractivity contribution in [3.63, 3.8) is 0 Å². The van der Waals surface area contributed by atoms with Crippen molar-refractivity contribution in [3.05, 3.63) is 12.2 Å². The summed E-state index contributed by atoms with van der Waals surface area (Å²) in [5, 5.41) is 6.08. The van der Waals surface area contributed by atoms with E-state index >= 15 is 0 Å². The fraction of sp³-hybridized carbons (Fsp3) is 0.400. The number of aromatic amines is 1. The Bertz CT molecular complexity index is 238. The highest BCUT2D eigenvalue weighted by Crippen LogP contribution is 2.06. The number of rotatable bonds is 1. The van der Waals surface area contributed by atoms with Gasteiger partial charge in [-0.25, -0.2) is 4.98 Å². The fourth-order valence-corrected chi connectivity index (χ4v) is 0.711. The van der Waals surface area contributed by atoms with E-state index < -0.39 is 0 Å². The Morgan fingerprint density at radius 2 is 2.50 bits per heavy atom. The Labute approximate surface area is 57.1 Å². The molecule has 0 spiro atoms. The van der Waals surface area contributed by atoms with Gasteiger partial charge in [0.25, 0.3) is 5.91 Å². The molecule has 0 bridgehead atoms. The Balaban J connectivity index is 2.19. The molecule has 0 radical (unpaired) electrons. The summed E-state index contributed by atoms with van der Waals surface area (Å²) < 4.78 is 0. The average molecular weight is 138 g/mol. The van der Waals surface area contributed by atoms with Crippen LogP contribution >= 0.6 is 0 Å². The molecule has 1 aromatic heterocycles. The quantitative estimate of drug-likeness (QED) is 0.520. The average Bonchev–Trinajstić information content (AvgIpc) is 2.65. The van der Waals surface area contributed by atoms with Crippen LogP contribution in [0.15, 0.2) is 6.33 Å². The van der Waals surface area contributed by atoms with E-state index in [9.17, 15) is 4.79 Å². The lowest BCUT2D eigenvalue weighted by molar-refractivity contribution is 0.0875. The summed E-state index contributed by atoms with van der Waals surface area (Å²) in [6, 6.07) is 0. The maximum absolute atomic E-state index is 11.1. The van der Waals surface area contributed by atoms with Gasteiger partial charge in [-0.05, 0) is 0 Å². The number of hydrogen-bond donors (Lipinski definition) is 1. The van der Waals surface area contributed by atoms with E-state index in [0.29, 0.717) is 5.82 Å². The predicted molar refractivity (Wildman–Crippen MR) is 32.3 cm³/mol. The summed E-state index contributed by atoms with van der Waals surface area (Å²) in [7, 11) is 0. The minimum atomic E-state index is -0.0579. The van der Waals surface area contributed by atoms with Crippen LogP contribution in [0.25, 0.3) is 0 Å². The van der Waals surface area contributed by atoms with Crippen molar-refractivity contribution in [1.82, 2.24) is 20.1 Å². The number of amides is 1. The Morgan fingerprint density at radius 1 is 1.70 bits per heavy atom. The van der Waals surface area contributed by atoms with Gasteiger partial charge in [-0.3, -0.25) is 9.89 Å². The van der Waals surface area contributed by atoms with Gasteiger partial charge in [0.05, 0.1) is 0 Å². The lowest BCUT2D eigenvalue weighted by Crippen LogP contribution is -2.12. The zero-order chi connectivity index (χ0) is 6.97. The topological polar surface area (TPSA) is 61.6 Å². The van der Waals surface area contributed by atoms with E-state index in [4.69, 9.17) is 0 Å². The molecule has 0 unspecified atom stereocenters. The normalized spacial score (nSPS) is 15.4. The zero-order valence-corrected chi connectivity index (χ0v) is 5.24. The standard InChI is InChI=1S/C5H6N4O/c10-5(9-1-2-9)4-6-3-7-8-4/h3H,1-2H2,(H,6,7,8). The fourth-order valence-electron chi connectivity index (χ4n) is 0.711. The molecule has 0 aliphatic carbocycles. The van der Waals surface area contributed by atoms with Crippen molar-refractivity contribution >= 4 is 5.91 Å². The predicted octanol–water partition coefficient (Wildman–Crippen LogP) is -0.740. The smallest absolute Gasteiger partial charge is 0.291 e. The largest absolute Gasteiger partial charge is 0.332 e. The third-order valence-electron chi connectivity index (χ3n) is 1.35. The van der Waals surface area contributed by atoms with Crippen LogP contribution in [0.1, 0.15) is 10.6 Å². The number of carbonyl (C=O) groups is 1. The first-order chi connectivity index (χ1) is 4.88.